The van der Waals surface area contributed by atoms with E-state index in [0.29, 0.717) is 13.0 Å². The molecule has 0 aliphatic carbocycles. The molecule has 3 unspecified atom stereocenters. The molecule has 1 aromatic heterocycles. The van der Waals surface area contributed by atoms with Gasteiger partial charge in [-0.05, 0) is 25.5 Å². The largest absolute Gasteiger partial charge is 0.489 e. The fourth-order valence-electron chi connectivity index (χ4n) is 2.68. The summed E-state index contributed by atoms with van der Waals surface area (Å²) < 4.78 is 33.4. The minimum absolute atomic E-state index is 0.0254. The molecule has 26 heavy (non-hydrogen) atoms. The van der Waals surface area contributed by atoms with Crippen molar-refractivity contribution >= 4 is 5.91 Å². The molecule has 1 aromatic carbocycles. The predicted molar refractivity (Wildman–Crippen MR) is 87.9 cm³/mol. The molecule has 3 atom stereocenters. The lowest BCUT2D eigenvalue weighted by atomic mass is 10.1. The van der Waals surface area contributed by atoms with E-state index in [1.54, 1.807) is 11.0 Å². The first-order valence-electron chi connectivity index (χ1n) is 8.23. The monoisotopic (exact) mass is 366 g/mol. The Morgan fingerprint density at radius 1 is 1.46 bits per heavy atom. The molecule has 3 N–H and O–H groups in total. The van der Waals surface area contributed by atoms with Crippen molar-refractivity contribution in [3.63, 3.8) is 0 Å². The smallest absolute Gasteiger partial charge is 0.238 e. The fraction of sp³-hybridized carbons (Fsp3) is 0.438. The van der Waals surface area contributed by atoms with Crippen molar-refractivity contribution in [2.45, 2.75) is 38.0 Å². The Labute approximate surface area is 148 Å². The zero-order chi connectivity index (χ0) is 18.5. The van der Waals surface area contributed by atoms with E-state index in [1.807, 2.05) is 6.92 Å². The minimum Gasteiger partial charge on any atom is -0.489 e. The first-order valence-corrected chi connectivity index (χ1v) is 8.23. The van der Waals surface area contributed by atoms with E-state index in [1.165, 1.54) is 12.4 Å². The summed E-state index contributed by atoms with van der Waals surface area (Å²) in [5.41, 5.74) is 5.85. The fourth-order valence-corrected chi connectivity index (χ4v) is 2.68. The molecule has 10 heteroatoms. The number of rotatable bonds is 7. The number of ether oxygens (including phenoxy) is 1. The molecule has 2 heterocycles. The van der Waals surface area contributed by atoms with Gasteiger partial charge in [0.1, 0.15) is 31.1 Å². The van der Waals surface area contributed by atoms with Crippen molar-refractivity contribution in [1.82, 2.24) is 30.9 Å². The van der Waals surface area contributed by atoms with Gasteiger partial charge in [0.15, 0.2) is 11.6 Å². The lowest BCUT2D eigenvalue weighted by Crippen LogP contribution is -2.47. The molecule has 1 aliphatic heterocycles. The molecule has 0 spiro atoms. The van der Waals surface area contributed by atoms with E-state index in [0.717, 1.165) is 12.1 Å². The summed E-state index contributed by atoms with van der Waals surface area (Å²) in [7, 11) is 0. The maximum atomic E-state index is 13.6. The van der Waals surface area contributed by atoms with Crippen LogP contribution in [0.2, 0.25) is 0 Å². The summed E-state index contributed by atoms with van der Waals surface area (Å²) in [5.74, 6) is -1.59. The van der Waals surface area contributed by atoms with E-state index in [4.69, 9.17) is 4.74 Å². The number of aromatic nitrogens is 3. The highest BCUT2D eigenvalue weighted by atomic mass is 19.1. The van der Waals surface area contributed by atoms with Gasteiger partial charge in [0.2, 0.25) is 5.91 Å². The third kappa shape index (κ3) is 4.73. The van der Waals surface area contributed by atoms with Crippen LogP contribution in [0.4, 0.5) is 8.78 Å². The number of benzene rings is 1. The van der Waals surface area contributed by atoms with E-state index in [-0.39, 0.29) is 30.3 Å². The van der Waals surface area contributed by atoms with Crippen LogP contribution < -0.4 is 20.9 Å². The molecule has 8 nitrogen and oxygen atoms in total. The second-order valence-electron chi connectivity index (χ2n) is 6.19. The van der Waals surface area contributed by atoms with Crippen molar-refractivity contribution < 1.29 is 18.3 Å². The molecule has 0 radical (unpaired) electrons. The molecule has 0 bridgehead atoms. The second-order valence-corrected chi connectivity index (χ2v) is 6.19. The Morgan fingerprint density at radius 2 is 2.31 bits per heavy atom. The Balaban J connectivity index is 1.43. The lowest BCUT2D eigenvalue weighted by molar-refractivity contribution is -0.123. The van der Waals surface area contributed by atoms with Gasteiger partial charge in [-0.2, -0.15) is 5.10 Å². The van der Waals surface area contributed by atoms with Crippen molar-refractivity contribution in [3.05, 3.63) is 42.5 Å². The molecule has 1 fully saturated rings. The summed E-state index contributed by atoms with van der Waals surface area (Å²) in [4.78, 5) is 16.1. The SMILES string of the molecule is CC(Cn1cncn1)NC(=O)C1CC(COc2ccc(F)cc2F)NN1. The average Bonchev–Trinajstić information content (AvgIpc) is 3.25. The molecular formula is C16H20F2N6O2. The van der Waals surface area contributed by atoms with E-state index in [9.17, 15) is 13.6 Å². The molecule has 0 saturated carbocycles. The Kier molecular flexibility index (Phi) is 5.74. The topological polar surface area (TPSA) is 93.1 Å². The summed E-state index contributed by atoms with van der Waals surface area (Å²) in [5, 5.41) is 6.89. The highest BCUT2D eigenvalue weighted by molar-refractivity contribution is 5.82. The first kappa shape index (κ1) is 18.2. The zero-order valence-corrected chi connectivity index (χ0v) is 14.2. The molecule has 1 amide bonds. The number of carbonyl (C=O) groups excluding carboxylic acids is 1. The van der Waals surface area contributed by atoms with Crippen LogP contribution in [0, 0.1) is 11.6 Å². The van der Waals surface area contributed by atoms with E-state index < -0.39 is 17.7 Å². The zero-order valence-electron chi connectivity index (χ0n) is 14.2. The molecule has 140 valence electrons. The number of hydrazine groups is 1. The molecule has 1 aliphatic rings. The number of hydrogen-bond donors (Lipinski definition) is 3. The van der Waals surface area contributed by atoms with E-state index in [2.05, 4.69) is 26.3 Å². The van der Waals surface area contributed by atoms with Gasteiger partial charge in [0, 0.05) is 12.1 Å². The maximum absolute atomic E-state index is 13.6. The van der Waals surface area contributed by atoms with Crippen LogP contribution in [-0.2, 0) is 11.3 Å². The van der Waals surface area contributed by atoms with E-state index >= 15 is 0 Å². The molecular weight excluding hydrogens is 346 g/mol. The van der Waals surface area contributed by atoms with Crippen molar-refractivity contribution in [1.29, 1.82) is 0 Å². The van der Waals surface area contributed by atoms with Gasteiger partial charge in [0.05, 0.1) is 12.6 Å². The number of carbonyl (C=O) groups is 1. The maximum Gasteiger partial charge on any atom is 0.238 e. The van der Waals surface area contributed by atoms with Crippen LogP contribution in [0.1, 0.15) is 13.3 Å². The van der Waals surface area contributed by atoms with Gasteiger partial charge in [0.25, 0.3) is 0 Å². The average molecular weight is 366 g/mol. The Bertz CT molecular complexity index is 742. The van der Waals surface area contributed by atoms with Crippen LogP contribution in [0.5, 0.6) is 5.75 Å². The summed E-state index contributed by atoms with van der Waals surface area (Å²) >= 11 is 0. The quantitative estimate of drug-likeness (QED) is 0.656. The second kappa shape index (κ2) is 8.19. The van der Waals surface area contributed by atoms with Gasteiger partial charge in [-0.1, -0.05) is 0 Å². The lowest BCUT2D eigenvalue weighted by Gasteiger charge is -2.16. The molecule has 1 saturated heterocycles. The summed E-state index contributed by atoms with van der Waals surface area (Å²) in [6.07, 6.45) is 3.50. The standard InChI is InChI=1S/C16H20F2N6O2/c1-10(6-24-9-19-8-20-24)21-16(25)14-5-12(22-23-14)7-26-15-3-2-11(17)4-13(15)18/h2-4,8-10,12,14,22-23H,5-7H2,1H3,(H,21,25). The number of amides is 1. The third-order valence-corrected chi connectivity index (χ3v) is 3.95. The summed E-state index contributed by atoms with van der Waals surface area (Å²) in [6.45, 7) is 2.54. The van der Waals surface area contributed by atoms with Gasteiger partial charge < -0.3 is 10.1 Å². The number of hydrogen-bond acceptors (Lipinski definition) is 6. The highest BCUT2D eigenvalue weighted by Crippen LogP contribution is 2.18. The number of nitrogens with one attached hydrogen (secondary N) is 3. The van der Waals surface area contributed by atoms with Gasteiger partial charge >= 0.3 is 0 Å². The highest BCUT2D eigenvalue weighted by Gasteiger charge is 2.30. The van der Waals surface area contributed by atoms with Gasteiger partial charge in [-0.15, -0.1) is 0 Å². The predicted octanol–water partition coefficient (Wildman–Crippen LogP) is 0.375. The summed E-state index contributed by atoms with van der Waals surface area (Å²) in [6, 6.07) is 2.41. The van der Waals surface area contributed by atoms with Crippen molar-refractivity contribution in [3.8, 4) is 5.75 Å². The van der Waals surface area contributed by atoms with Gasteiger partial charge in [-0.25, -0.2) is 19.2 Å². The number of nitrogens with zero attached hydrogens (tertiary/aromatic N) is 3. The van der Waals surface area contributed by atoms with Crippen molar-refractivity contribution in [2.24, 2.45) is 0 Å². The van der Waals surface area contributed by atoms with Crippen LogP contribution in [0.15, 0.2) is 30.9 Å². The van der Waals surface area contributed by atoms with Crippen LogP contribution in [-0.4, -0.2) is 45.4 Å². The van der Waals surface area contributed by atoms with Crippen LogP contribution in [0.25, 0.3) is 0 Å². The molecule has 2 aromatic rings. The van der Waals surface area contributed by atoms with Gasteiger partial charge in [-0.3, -0.25) is 14.9 Å². The number of halogens is 2. The third-order valence-electron chi connectivity index (χ3n) is 3.95. The normalized spacial score (nSPS) is 20.7. The first-order chi connectivity index (χ1) is 12.5. The minimum atomic E-state index is -0.757. The van der Waals surface area contributed by atoms with Crippen molar-refractivity contribution in [2.75, 3.05) is 6.61 Å². The van der Waals surface area contributed by atoms with Crippen LogP contribution in [0.3, 0.4) is 0 Å². The van der Waals surface area contributed by atoms with Crippen LogP contribution >= 0.6 is 0 Å². The molecule has 3 rings (SSSR count). The Morgan fingerprint density at radius 3 is 3.04 bits per heavy atom. The Hall–Kier alpha value is -2.59.